The van der Waals surface area contributed by atoms with Crippen LogP contribution < -0.4 is 10.1 Å². The van der Waals surface area contributed by atoms with Gasteiger partial charge in [0.25, 0.3) is 6.54 Å². The normalized spacial score (nSPS) is 10.8. The summed E-state index contributed by atoms with van der Waals surface area (Å²) in [5, 5.41) is 13.3. The summed E-state index contributed by atoms with van der Waals surface area (Å²) < 4.78 is 5.22. The van der Waals surface area contributed by atoms with Crippen molar-refractivity contribution in [1.29, 1.82) is 0 Å². The highest BCUT2D eigenvalue weighted by Crippen LogP contribution is 2.20. The Morgan fingerprint density at radius 3 is 3.18 bits per heavy atom. The quantitative estimate of drug-likeness (QED) is 0.184. The molecular weight excluding hydrogens is 304 g/mol. The molecule has 8 heteroatoms. The summed E-state index contributed by atoms with van der Waals surface area (Å²) in [6.45, 7) is 0.353. The molecule has 0 aromatic carbocycles. The Bertz CT molecular complexity index is 557. The number of rotatable bonds is 9. The maximum atomic E-state index is 10.5. The molecule has 1 aromatic heterocycles. The number of aromatic nitrogens is 1. The minimum atomic E-state index is -0.436. The number of thioether (sulfide) groups is 1. The van der Waals surface area contributed by atoms with Gasteiger partial charge in [0.2, 0.25) is 0 Å². The number of aliphatic imine (C=N–C) groups is 1. The summed E-state index contributed by atoms with van der Waals surface area (Å²) in [5.41, 5.74) is 0.870. The van der Waals surface area contributed by atoms with Gasteiger partial charge in [0.05, 0.1) is 25.9 Å². The largest absolute Gasteiger partial charge is 0.495 e. The summed E-state index contributed by atoms with van der Waals surface area (Å²) in [5.74, 6) is 4.84. The summed E-state index contributed by atoms with van der Waals surface area (Å²) in [6, 6.07) is 3.68. The topological polar surface area (TPSA) is 89.7 Å². The molecule has 1 aromatic rings. The smallest absolute Gasteiger partial charge is 0.259 e. The van der Waals surface area contributed by atoms with Gasteiger partial charge in [0.1, 0.15) is 5.75 Å². The third kappa shape index (κ3) is 6.95. The highest BCUT2D eigenvalue weighted by molar-refractivity contribution is 7.98. The number of nitro groups is 1. The van der Waals surface area contributed by atoms with Gasteiger partial charge in [0, 0.05) is 22.6 Å². The molecular formula is C14H18N4O3S. The Balaban J connectivity index is 2.39. The molecule has 0 unspecified atom stereocenters. The van der Waals surface area contributed by atoms with Crippen LogP contribution >= 0.6 is 11.8 Å². The second kappa shape index (κ2) is 10.5. The molecule has 0 spiro atoms. The number of nitrogens with zero attached hydrogens (tertiary/aromatic N) is 3. The van der Waals surface area contributed by atoms with E-state index in [1.165, 1.54) is 0 Å². The summed E-state index contributed by atoms with van der Waals surface area (Å²) in [4.78, 5) is 18.5. The molecule has 0 atom stereocenters. The predicted octanol–water partition coefficient (Wildman–Crippen LogP) is 1.22. The molecule has 0 aliphatic heterocycles. The fraction of sp³-hybridized carbons (Fsp3) is 0.429. The average molecular weight is 322 g/mol. The number of amidine groups is 1. The fourth-order valence-corrected chi connectivity index (χ4v) is 2.34. The highest BCUT2D eigenvalue weighted by Gasteiger charge is 2.06. The summed E-state index contributed by atoms with van der Waals surface area (Å²) in [7, 11) is 1.61. The van der Waals surface area contributed by atoms with Gasteiger partial charge in [-0.3, -0.25) is 20.1 Å². The zero-order chi connectivity index (χ0) is 16.2. The van der Waals surface area contributed by atoms with E-state index >= 15 is 0 Å². The molecule has 0 fully saturated rings. The standard InChI is InChI=1S/C14H18N4O3S/c1-3-6-16-14(10-18(19)20)17-8-9-22-11-12-13(21-2)5-4-7-15-12/h1,4-5,7H,6,8-11H2,2H3,(H,16,17). The molecule has 1 N–H and O–H groups in total. The molecule has 0 radical (unpaired) electrons. The average Bonchev–Trinajstić information content (AvgIpc) is 2.51. The number of hydrogen-bond acceptors (Lipinski definition) is 6. The van der Waals surface area contributed by atoms with Crippen LogP contribution in [-0.4, -0.2) is 48.2 Å². The molecule has 0 aliphatic rings. The van der Waals surface area contributed by atoms with Gasteiger partial charge in [-0.15, -0.1) is 6.42 Å². The molecule has 22 heavy (non-hydrogen) atoms. The van der Waals surface area contributed by atoms with Gasteiger partial charge >= 0.3 is 0 Å². The first-order valence-electron chi connectivity index (χ1n) is 6.55. The SMILES string of the molecule is C#CCNC(C[N+](=O)[O-])=NCCSCc1ncccc1OC. The van der Waals surface area contributed by atoms with E-state index in [9.17, 15) is 10.1 Å². The second-order valence-corrected chi connectivity index (χ2v) is 5.19. The molecule has 118 valence electrons. The van der Waals surface area contributed by atoms with Gasteiger partial charge in [-0.1, -0.05) is 5.92 Å². The molecule has 0 amide bonds. The van der Waals surface area contributed by atoms with Crippen molar-refractivity contribution in [3.63, 3.8) is 0 Å². The van der Waals surface area contributed by atoms with Crippen LogP contribution in [0.2, 0.25) is 0 Å². The van der Waals surface area contributed by atoms with Crippen molar-refractivity contribution in [2.24, 2.45) is 4.99 Å². The third-order valence-electron chi connectivity index (χ3n) is 2.52. The van der Waals surface area contributed by atoms with E-state index in [0.29, 0.717) is 18.1 Å². The van der Waals surface area contributed by atoms with Gasteiger partial charge in [-0.25, -0.2) is 0 Å². The minimum absolute atomic E-state index is 0.227. The van der Waals surface area contributed by atoms with Gasteiger partial charge in [-0.05, 0) is 12.1 Å². The van der Waals surface area contributed by atoms with Crippen LogP contribution in [0.25, 0.3) is 0 Å². The number of ether oxygens (including phenoxy) is 1. The second-order valence-electron chi connectivity index (χ2n) is 4.08. The van der Waals surface area contributed by atoms with Crippen LogP contribution in [0.4, 0.5) is 0 Å². The summed E-state index contributed by atoms with van der Waals surface area (Å²) in [6.07, 6.45) is 6.83. The first kappa shape index (κ1) is 17.8. The molecule has 1 heterocycles. The first-order chi connectivity index (χ1) is 10.7. The van der Waals surface area contributed by atoms with E-state index < -0.39 is 4.92 Å². The number of terminal acetylenes is 1. The predicted molar refractivity (Wildman–Crippen MR) is 88.0 cm³/mol. The monoisotopic (exact) mass is 322 g/mol. The van der Waals surface area contributed by atoms with Crippen LogP contribution in [0.1, 0.15) is 5.69 Å². The molecule has 0 saturated heterocycles. The van der Waals surface area contributed by atoms with Crippen LogP contribution in [0.15, 0.2) is 23.3 Å². The lowest BCUT2D eigenvalue weighted by molar-refractivity contribution is -0.463. The molecule has 1 rings (SSSR count). The number of pyridine rings is 1. The zero-order valence-electron chi connectivity index (χ0n) is 12.3. The molecule has 0 bridgehead atoms. The molecule has 7 nitrogen and oxygen atoms in total. The zero-order valence-corrected chi connectivity index (χ0v) is 13.1. The Labute approximate surface area is 133 Å². The molecule has 0 saturated carbocycles. The Kier molecular flexibility index (Phi) is 8.45. The van der Waals surface area contributed by atoms with E-state index in [4.69, 9.17) is 11.2 Å². The van der Waals surface area contributed by atoms with Crippen molar-refractivity contribution < 1.29 is 9.66 Å². The highest BCUT2D eigenvalue weighted by atomic mass is 32.2. The van der Waals surface area contributed by atoms with Crippen molar-refractivity contribution in [3.05, 3.63) is 34.1 Å². The lowest BCUT2D eigenvalue weighted by Gasteiger charge is -2.06. The van der Waals surface area contributed by atoms with Crippen LogP contribution in [0, 0.1) is 22.5 Å². The number of hydrogen-bond donors (Lipinski definition) is 1. The lowest BCUT2D eigenvalue weighted by atomic mass is 10.3. The summed E-state index contributed by atoms with van der Waals surface area (Å²) >= 11 is 1.63. The van der Waals surface area contributed by atoms with E-state index in [-0.39, 0.29) is 13.1 Å². The van der Waals surface area contributed by atoms with Crippen molar-refractivity contribution in [1.82, 2.24) is 10.3 Å². The van der Waals surface area contributed by atoms with Crippen LogP contribution in [0.3, 0.4) is 0 Å². The van der Waals surface area contributed by atoms with Gasteiger partial charge in [-0.2, -0.15) is 11.8 Å². The first-order valence-corrected chi connectivity index (χ1v) is 7.71. The number of methoxy groups -OCH3 is 1. The van der Waals surface area contributed by atoms with E-state index in [1.54, 1.807) is 25.1 Å². The lowest BCUT2D eigenvalue weighted by Crippen LogP contribution is -2.31. The van der Waals surface area contributed by atoms with Crippen molar-refractivity contribution in [3.8, 4) is 18.1 Å². The Hall–Kier alpha value is -2.27. The maximum Gasteiger partial charge on any atom is 0.259 e. The van der Waals surface area contributed by atoms with Crippen molar-refractivity contribution in [2.75, 3.05) is 32.5 Å². The minimum Gasteiger partial charge on any atom is -0.495 e. The molecule has 0 aliphatic carbocycles. The fourth-order valence-electron chi connectivity index (χ4n) is 1.57. The van der Waals surface area contributed by atoms with E-state index in [2.05, 4.69) is 21.2 Å². The maximum absolute atomic E-state index is 10.5. The Morgan fingerprint density at radius 2 is 2.50 bits per heavy atom. The van der Waals surface area contributed by atoms with Crippen molar-refractivity contribution >= 4 is 17.6 Å². The van der Waals surface area contributed by atoms with Crippen LogP contribution in [-0.2, 0) is 5.75 Å². The van der Waals surface area contributed by atoms with Crippen molar-refractivity contribution in [2.45, 2.75) is 5.75 Å². The van der Waals surface area contributed by atoms with Crippen LogP contribution in [0.5, 0.6) is 5.75 Å². The van der Waals surface area contributed by atoms with Gasteiger partial charge in [0.15, 0.2) is 5.84 Å². The number of nitrogens with one attached hydrogen (secondary N) is 1. The van der Waals surface area contributed by atoms with Gasteiger partial charge < -0.3 is 10.1 Å². The Morgan fingerprint density at radius 1 is 1.68 bits per heavy atom. The van der Waals surface area contributed by atoms with E-state index in [1.807, 2.05) is 12.1 Å². The van der Waals surface area contributed by atoms with E-state index in [0.717, 1.165) is 17.2 Å². The third-order valence-corrected chi connectivity index (χ3v) is 3.47.